The number of hydrogen-bond acceptors (Lipinski definition) is 5. The van der Waals surface area contributed by atoms with Gasteiger partial charge in [-0.2, -0.15) is 0 Å². The van der Waals surface area contributed by atoms with E-state index in [4.69, 9.17) is 13.9 Å². The number of rotatable bonds is 6. The summed E-state index contributed by atoms with van der Waals surface area (Å²) < 4.78 is 17.9. The van der Waals surface area contributed by atoms with Crippen molar-refractivity contribution in [1.29, 1.82) is 0 Å². The highest BCUT2D eigenvalue weighted by Crippen LogP contribution is 2.26. The Hall–Kier alpha value is -3.93. The second-order valence-electron chi connectivity index (χ2n) is 6.71. The summed E-state index contributed by atoms with van der Waals surface area (Å²) in [5.41, 5.74) is 3.37. The van der Waals surface area contributed by atoms with E-state index in [0.717, 1.165) is 22.4 Å². The highest BCUT2D eigenvalue weighted by Gasteiger charge is 2.12. The van der Waals surface area contributed by atoms with Crippen molar-refractivity contribution in [1.82, 2.24) is 4.98 Å². The third kappa shape index (κ3) is 4.22. The average Bonchev–Trinajstić information content (AvgIpc) is 3.29. The van der Waals surface area contributed by atoms with E-state index in [1.165, 1.54) is 7.11 Å². The second kappa shape index (κ2) is 8.61. The maximum absolute atomic E-state index is 11.7. The van der Waals surface area contributed by atoms with Crippen LogP contribution in [0.4, 0.5) is 0 Å². The first-order chi connectivity index (χ1) is 14.7. The van der Waals surface area contributed by atoms with E-state index in [-0.39, 0.29) is 5.97 Å². The number of methoxy groups -OCH3 is 2. The minimum atomic E-state index is -0.339. The number of carbonyl (C=O) groups is 1. The number of hydrogen-bond donors (Lipinski definition) is 0. The Bertz CT molecular complexity index is 1150. The highest BCUT2D eigenvalue weighted by molar-refractivity contribution is 5.89. The summed E-state index contributed by atoms with van der Waals surface area (Å²) in [5, 5.41) is 0. The number of ether oxygens (including phenoxy) is 2. The van der Waals surface area contributed by atoms with Crippen LogP contribution in [0.3, 0.4) is 0 Å². The zero-order valence-corrected chi connectivity index (χ0v) is 16.7. The molecular weight excluding hydrogens is 380 g/mol. The number of benzene rings is 2. The molecule has 0 saturated heterocycles. The third-order valence-electron chi connectivity index (χ3n) is 4.73. The molecule has 0 amide bonds. The SMILES string of the molecule is COC(=O)c1cccc(C[n+]2ccc(-c3ncc(-c4ccc(OC)cc4)o3)cc2)c1. The summed E-state index contributed by atoms with van der Waals surface area (Å²) in [6.45, 7) is 0.633. The molecule has 4 aromatic rings. The van der Waals surface area contributed by atoms with Crippen LogP contribution >= 0.6 is 0 Å². The molecule has 2 aromatic heterocycles. The molecule has 0 aliphatic rings. The number of nitrogens with zero attached hydrogens (tertiary/aromatic N) is 2. The van der Waals surface area contributed by atoms with Crippen molar-refractivity contribution in [3.8, 4) is 28.5 Å². The molecular formula is C24H21N2O4+. The molecule has 2 heterocycles. The zero-order valence-electron chi connectivity index (χ0n) is 16.7. The van der Waals surface area contributed by atoms with Crippen LogP contribution in [0.5, 0.6) is 5.75 Å². The zero-order chi connectivity index (χ0) is 20.9. The van der Waals surface area contributed by atoms with Crippen molar-refractivity contribution in [2.45, 2.75) is 6.54 Å². The van der Waals surface area contributed by atoms with Crippen molar-refractivity contribution in [3.63, 3.8) is 0 Å². The number of pyridine rings is 1. The summed E-state index contributed by atoms with van der Waals surface area (Å²) in [7, 11) is 3.02. The molecule has 0 N–H and O–H groups in total. The lowest BCUT2D eigenvalue weighted by Crippen LogP contribution is -2.33. The molecule has 0 spiro atoms. The normalized spacial score (nSPS) is 10.6. The van der Waals surface area contributed by atoms with Crippen LogP contribution in [0.25, 0.3) is 22.8 Å². The summed E-state index contributed by atoms with van der Waals surface area (Å²) in [4.78, 5) is 16.1. The Morgan fingerprint density at radius 1 is 1.00 bits per heavy atom. The number of esters is 1. The third-order valence-corrected chi connectivity index (χ3v) is 4.73. The van der Waals surface area contributed by atoms with Gasteiger partial charge in [0.15, 0.2) is 24.7 Å². The molecule has 150 valence electrons. The summed E-state index contributed by atoms with van der Waals surface area (Å²) >= 11 is 0. The van der Waals surface area contributed by atoms with E-state index < -0.39 is 0 Å². The van der Waals surface area contributed by atoms with Crippen LogP contribution in [0.2, 0.25) is 0 Å². The van der Waals surface area contributed by atoms with Crippen LogP contribution in [-0.2, 0) is 11.3 Å². The van der Waals surface area contributed by atoms with Crippen molar-refractivity contribution in [2.75, 3.05) is 14.2 Å². The van der Waals surface area contributed by atoms with Crippen molar-refractivity contribution in [3.05, 3.63) is 90.4 Å². The molecule has 6 heteroatoms. The van der Waals surface area contributed by atoms with Gasteiger partial charge in [-0.05, 0) is 36.4 Å². The molecule has 0 unspecified atom stereocenters. The second-order valence-corrected chi connectivity index (χ2v) is 6.71. The summed E-state index contributed by atoms with van der Waals surface area (Å²) in [6, 6.07) is 19.0. The standard InChI is InChI=1S/C24H21N2O4/c1-28-21-8-6-18(7-9-21)22-15-25-23(30-22)19-10-12-26(13-11-19)16-17-4-3-5-20(14-17)24(27)29-2/h3-15H,16H2,1-2H3/q+1. The Labute approximate surface area is 174 Å². The van der Waals surface area contributed by atoms with E-state index in [2.05, 4.69) is 4.98 Å². The van der Waals surface area contributed by atoms with Gasteiger partial charge < -0.3 is 13.9 Å². The first kappa shape index (κ1) is 19.4. The van der Waals surface area contributed by atoms with Gasteiger partial charge in [0, 0.05) is 28.8 Å². The van der Waals surface area contributed by atoms with E-state index >= 15 is 0 Å². The average molecular weight is 401 g/mol. The molecule has 0 saturated carbocycles. The fourth-order valence-electron chi connectivity index (χ4n) is 3.13. The molecule has 0 radical (unpaired) electrons. The number of oxazole rings is 1. The molecule has 0 aliphatic carbocycles. The van der Waals surface area contributed by atoms with Gasteiger partial charge in [-0.1, -0.05) is 12.1 Å². The van der Waals surface area contributed by atoms with Crippen LogP contribution in [0.1, 0.15) is 15.9 Å². The van der Waals surface area contributed by atoms with Crippen molar-refractivity contribution in [2.24, 2.45) is 0 Å². The summed E-state index contributed by atoms with van der Waals surface area (Å²) in [6.07, 6.45) is 5.63. The Kier molecular flexibility index (Phi) is 5.57. The van der Waals surface area contributed by atoms with Crippen LogP contribution in [-0.4, -0.2) is 25.2 Å². The minimum Gasteiger partial charge on any atom is -0.497 e. The molecule has 0 bridgehead atoms. The Balaban J connectivity index is 1.49. The largest absolute Gasteiger partial charge is 0.497 e. The quantitative estimate of drug-likeness (QED) is 0.359. The van der Waals surface area contributed by atoms with Crippen LogP contribution < -0.4 is 9.30 Å². The molecule has 4 rings (SSSR count). The molecule has 30 heavy (non-hydrogen) atoms. The molecule has 0 atom stereocenters. The van der Waals surface area contributed by atoms with Crippen molar-refractivity contribution < 1.29 is 23.3 Å². The van der Waals surface area contributed by atoms with Crippen molar-refractivity contribution >= 4 is 5.97 Å². The van der Waals surface area contributed by atoms with Gasteiger partial charge in [0.05, 0.1) is 26.0 Å². The fraction of sp³-hybridized carbons (Fsp3) is 0.125. The van der Waals surface area contributed by atoms with E-state index in [1.54, 1.807) is 19.4 Å². The molecule has 2 aromatic carbocycles. The van der Waals surface area contributed by atoms with E-state index in [1.807, 2.05) is 71.6 Å². The molecule has 0 fully saturated rings. The van der Waals surface area contributed by atoms with E-state index in [0.29, 0.717) is 23.8 Å². The van der Waals surface area contributed by atoms with Gasteiger partial charge in [-0.25, -0.2) is 14.3 Å². The Morgan fingerprint density at radius 3 is 2.47 bits per heavy atom. The lowest BCUT2D eigenvalue weighted by atomic mass is 10.1. The topological polar surface area (TPSA) is 65.4 Å². The lowest BCUT2D eigenvalue weighted by molar-refractivity contribution is -0.688. The highest BCUT2D eigenvalue weighted by atomic mass is 16.5. The Morgan fingerprint density at radius 2 is 1.77 bits per heavy atom. The predicted octanol–water partition coefficient (Wildman–Crippen LogP) is 4.14. The van der Waals surface area contributed by atoms with E-state index in [9.17, 15) is 4.79 Å². The lowest BCUT2D eigenvalue weighted by Gasteiger charge is -2.02. The molecule has 0 aliphatic heterocycles. The minimum absolute atomic E-state index is 0.339. The maximum Gasteiger partial charge on any atom is 0.337 e. The number of carbonyl (C=O) groups excluding carboxylic acids is 1. The number of aromatic nitrogens is 2. The van der Waals surface area contributed by atoms with Gasteiger partial charge in [-0.15, -0.1) is 0 Å². The fourth-order valence-corrected chi connectivity index (χ4v) is 3.13. The first-order valence-corrected chi connectivity index (χ1v) is 9.43. The van der Waals surface area contributed by atoms with Gasteiger partial charge in [0.25, 0.3) is 0 Å². The van der Waals surface area contributed by atoms with Gasteiger partial charge in [0.1, 0.15) is 5.75 Å². The molecule has 6 nitrogen and oxygen atoms in total. The van der Waals surface area contributed by atoms with Crippen LogP contribution in [0.15, 0.2) is 83.7 Å². The van der Waals surface area contributed by atoms with Gasteiger partial charge in [-0.3, -0.25) is 0 Å². The smallest absolute Gasteiger partial charge is 0.337 e. The predicted molar refractivity (Wildman–Crippen MR) is 111 cm³/mol. The summed E-state index contributed by atoms with van der Waals surface area (Å²) in [5.74, 6) is 1.71. The van der Waals surface area contributed by atoms with Gasteiger partial charge in [0.2, 0.25) is 5.89 Å². The van der Waals surface area contributed by atoms with Crippen LogP contribution in [0, 0.1) is 0 Å². The monoisotopic (exact) mass is 401 g/mol. The van der Waals surface area contributed by atoms with Gasteiger partial charge >= 0.3 is 5.97 Å². The first-order valence-electron chi connectivity index (χ1n) is 9.43. The maximum atomic E-state index is 11.7.